The van der Waals surface area contributed by atoms with Crippen molar-refractivity contribution >= 4 is 17.7 Å². The molecule has 3 N–H and O–H groups in total. The molecule has 0 aliphatic heterocycles. The third-order valence-electron chi connectivity index (χ3n) is 3.46. The van der Waals surface area contributed by atoms with Gasteiger partial charge in [-0.2, -0.15) is 0 Å². The fourth-order valence-electron chi connectivity index (χ4n) is 2.42. The highest BCUT2D eigenvalue weighted by Crippen LogP contribution is 2.31. The summed E-state index contributed by atoms with van der Waals surface area (Å²) in [5.41, 5.74) is 2.89. The lowest BCUT2D eigenvalue weighted by Crippen LogP contribution is -2.30. The van der Waals surface area contributed by atoms with E-state index in [-0.39, 0.29) is 5.91 Å². The molecule has 3 nitrogen and oxygen atoms in total. The van der Waals surface area contributed by atoms with E-state index in [0.717, 1.165) is 16.6 Å². The summed E-state index contributed by atoms with van der Waals surface area (Å²) in [6, 6.07) is 7.66. The summed E-state index contributed by atoms with van der Waals surface area (Å²) in [6.07, 6.45) is 6.76. The molecule has 18 heavy (non-hydrogen) atoms. The molecule has 0 radical (unpaired) electrons. The first kappa shape index (κ1) is 13.4. The number of nitrogens with two attached hydrogens (primary N) is 1. The summed E-state index contributed by atoms with van der Waals surface area (Å²) in [5, 5.41) is 0. The number of hydrogen-bond acceptors (Lipinski definition) is 3. The van der Waals surface area contributed by atoms with Gasteiger partial charge in [-0.05, 0) is 30.9 Å². The van der Waals surface area contributed by atoms with Gasteiger partial charge in [0, 0.05) is 10.6 Å². The third-order valence-corrected chi connectivity index (χ3v) is 4.77. The maximum absolute atomic E-state index is 11.6. The minimum absolute atomic E-state index is 0.207. The van der Waals surface area contributed by atoms with Crippen molar-refractivity contribution in [3.63, 3.8) is 0 Å². The molecule has 1 aromatic carbocycles. The van der Waals surface area contributed by atoms with Crippen LogP contribution in [0.25, 0.3) is 0 Å². The molecular formula is C14H20N2OS. The number of benzene rings is 1. The summed E-state index contributed by atoms with van der Waals surface area (Å²) in [5.74, 6) is 6.91. The Morgan fingerprint density at radius 2 is 2.00 bits per heavy atom. The number of rotatable bonds is 4. The molecule has 98 valence electrons. The van der Waals surface area contributed by atoms with E-state index in [1.807, 2.05) is 24.3 Å². The molecule has 1 fully saturated rings. The topological polar surface area (TPSA) is 55.1 Å². The molecular weight excluding hydrogens is 244 g/mol. The third kappa shape index (κ3) is 3.50. The standard InChI is InChI=1S/C14H20N2OS/c15-16-14(17)12-8-4-5-9-13(12)18-10-11-6-2-1-3-7-11/h4-5,8-9,11H,1-3,6-7,10,15H2,(H,16,17). The van der Waals surface area contributed by atoms with Crippen LogP contribution in [0.3, 0.4) is 0 Å². The smallest absolute Gasteiger partial charge is 0.266 e. The number of hydrazine groups is 1. The number of nitrogen functional groups attached to an aromatic ring is 1. The van der Waals surface area contributed by atoms with Gasteiger partial charge in [-0.3, -0.25) is 10.2 Å². The van der Waals surface area contributed by atoms with Crippen LogP contribution < -0.4 is 11.3 Å². The maximum Gasteiger partial charge on any atom is 0.266 e. The van der Waals surface area contributed by atoms with Crippen molar-refractivity contribution < 1.29 is 4.79 Å². The summed E-state index contributed by atoms with van der Waals surface area (Å²) in [7, 11) is 0. The Bertz CT molecular complexity index is 403. The Morgan fingerprint density at radius 3 is 2.72 bits per heavy atom. The Labute approximate surface area is 112 Å². The van der Waals surface area contributed by atoms with Gasteiger partial charge in [0.2, 0.25) is 0 Å². The monoisotopic (exact) mass is 264 g/mol. The van der Waals surface area contributed by atoms with Crippen molar-refractivity contribution in [1.82, 2.24) is 5.43 Å². The van der Waals surface area contributed by atoms with Gasteiger partial charge in [-0.15, -0.1) is 11.8 Å². The second-order valence-corrected chi connectivity index (χ2v) is 5.85. The van der Waals surface area contributed by atoms with Crippen LogP contribution in [0, 0.1) is 5.92 Å². The van der Waals surface area contributed by atoms with Gasteiger partial charge in [-0.25, -0.2) is 5.84 Å². The normalized spacial score (nSPS) is 16.5. The second kappa shape index (κ2) is 6.81. The molecule has 4 heteroatoms. The number of hydrogen-bond donors (Lipinski definition) is 2. The molecule has 1 aliphatic rings. The van der Waals surface area contributed by atoms with Crippen LogP contribution in [-0.4, -0.2) is 11.7 Å². The quantitative estimate of drug-likeness (QED) is 0.380. The summed E-state index contributed by atoms with van der Waals surface area (Å²) in [4.78, 5) is 12.7. The van der Waals surface area contributed by atoms with Crippen molar-refractivity contribution in [3.05, 3.63) is 29.8 Å². The Hall–Kier alpha value is -1.00. The van der Waals surface area contributed by atoms with Gasteiger partial charge in [-0.1, -0.05) is 31.4 Å². The summed E-state index contributed by atoms with van der Waals surface area (Å²) < 4.78 is 0. The zero-order chi connectivity index (χ0) is 12.8. The van der Waals surface area contributed by atoms with Crippen molar-refractivity contribution in [2.45, 2.75) is 37.0 Å². The molecule has 0 aromatic heterocycles. The van der Waals surface area contributed by atoms with E-state index in [2.05, 4.69) is 5.43 Å². The number of carbonyl (C=O) groups is 1. The lowest BCUT2D eigenvalue weighted by atomic mass is 9.91. The van der Waals surface area contributed by atoms with E-state index in [4.69, 9.17) is 5.84 Å². The van der Waals surface area contributed by atoms with E-state index in [0.29, 0.717) is 5.56 Å². The molecule has 0 bridgehead atoms. The maximum atomic E-state index is 11.6. The van der Waals surface area contributed by atoms with Gasteiger partial charge in [0.1, 0.15) is 0 Å². The predicted octanol–water partition coefficient (Wildman–Crippen LogP) is 2.96. The van der Waals surface area contributed by atoms with Crippen LogP contribution in [-0.2, 0) is 0 Å². The Kier molecular flexibility index (Phi) is 5.08. The van der Waals surface area contributed by atoms with Gasteiger partial charge in [0.25, 0.3) is 5.91 Å². The lowest BCUT2D eigenvalue weighted by Gasteiger charge is -2.21. The zero-order valence-electron chi connectivity index (χ0n) is 10.5. The van der Waals surface area contributed by atoms with Crippen LogP contribution in [0.15, 0.2) is 29.2 Å². The van der Waals surface area contributed by atoms with Gasteiger partial charge in [0.15, 0.2) is 0 Å². The molecule has 0 unspecified atom stereocenters. The average molecular weight is 264 g/mol. The van der Waals surface area contributed by atoms with Crippen molar-refractivity contribution in [2.75, 3.05) is 5.75 Å². The van der Waals surface area contributed by atoms with Crippen molar-refractivity contribution in [2.24, 2.45) is 11.8 Å². The highest BCUT2D eigenvalue weighted by molar-refractivity contribution is 7.99. The molecule has 0 atom stereocenters. The molecule has 1 amide bonds. The van der Waals surface area contributed by atoms with Crippen LogP contribution in [0.2, 0.25) is 0 Å². The number of thioether (sulfide) groups is 1. The molecule has 0 heterocycles. The highest BCUT2D eigenvalue weighted by Gasteiger charge is 2.15. The van der Waals surface area contributed by atoms with E-state index >= 15 is 0 Å². The summed E-state index contributed by atoms with van der Waals surface area (Å²) in [6.45, 7) is 0. The first-order valence-electron chi connectivity index (χ1n) is 6.54. The fourth-order valence-corrected chi connectivity index (χ4v) is 3.66. The van der Waals surface area contributed by atoms with Gasteiger partial charge < -0.3 is 0 Å². The lowest BCUT2D eigenvalue weighted by molar-refractivity contribution is 0.0950. The number of nitrogens with one attached hydrogen (secondary N) is 1. The van der Waals surface area contributed by atoms with Crippen LogP contribution in [0.1, 0.15) is 42.5 Å². The number of carbonyl (C=O) groups excluding carboxylic acids is 1. The molecule has 2 rings (SSSR count). The highest BCUT2D eigenvalue weighted by atomic mass is 32.2. The molecule has 1 saturated carbocycles. The summed E-state index contributed by atoms with van der Waals surface area (Å²) >= 11 is 1.78. The Balaban J connectivity index is 1.97. The minimum Gasteiger partial charge on any atom is -0.290 e. The van der Waals surface area contributed by atoms with Crippen LogP contribution >= 0.6 is 11.8 Å². The number of amides is 1. The van der Waals surface area contributed by atoms with Crippen molar-refractivity contribution in [3.8, 4) is 0 Å². The minimum atomic E-state index is -0.207. The molecule has 0 spiro atoms. The van der Waals surface area contributed by atoms with Crippen LogP contribution in [0.4, 0.5) is 0 Å². The van der Waals surface area contributed by atoms with Crippen LogP contribution in [0.5, 0.6) is 0 Å². The van der Waals surface area contributed by atoms with E-state index < -0.39 is 0 Å². The average Bonchev–Trinajstić information content (AvgIpc) is 2.45. The first-order valence-corrected chi connectivity index (χ1v) is 7.52. The SMILES string of the molecule is NNC(=O)c1ccccc1SCC1CCCCC1. The Morgan fingerprint density at radius 1 is 1.28 bits per heavy atom. The molecule has 0 saturated heterocycles. The molecule has 1 aliphatic carbocycles. The first-order chi connectivity index (χ1) is 8.81. The van der Waals surface area contributed by atoms with E-state index in [9.17, 15) is 4.79 Å². The van der Waals surface area contributed by atoms with E-state index in [1.54, 1.807) is 11.8 Å². The zero-order valence-corrected chi connectivity index (χ0v) is 11.3. The molecule has 1 aromatic rings. The fraction of sp³-hybridized carbons (Fsp3) is 0.500. The van der Waals surface area contributed by atoms with Gasteiger partial charge in [0.05, 0.1) is 5.56 Å². The van der Waals surface area contributed by atoms with Crippen molar-refractivity contribution in [1.29, 1.82) is 0 Å². The predicted molar refractivity (Wildman–Crippen MR) is 75.4 cm³/mol. The second-order valence-electron chi connectivity index (χ2n) is 4.78. The largest absolute Gasteiger partial charge is 0.290 e. The van der Waals surface area contributed by atoms with Gasteiger partial charge >= 0.3 is 0 Å². The van der Waals surface area contributed by atoms with E-state index in [1.165, 1.54) is 32.1 Å².